The van der Waals surface area contributed by atoms with Crippen molar-refractivity contribution in [1.29, 1.82) is 0 Å². The van der Waals surface area contributed by atoms with Gasteiger partial charge >= 0.3 is 0 Å². The minimum Gasteiger partial charge on any atom is -0.390 e. The van der Waals surface area contributed by atoms with Gasteiger partial charge < -0.3 is 10.0 Å². The Bertz CT molecular complexity index is 1180. The van der Waals surface area contributed by atoms with Crippen LogP contribution in [0.3, 0.4) is 0 Å². The van der Waals surface area contributed by atoms with E-state index in [4.69, 9.17) is 11.6 Å². The maximum absolute atomic E-state index is 13.9. The first kappa shape index (κ1) is 23.3. The fourth-order valence-electron chi connectivity index (χ4n) is 3.91. The van der Waals surface area contributed by atoms with Crippen molar-refractivity contribution in [3.8, 4) is 22.3 Å². The summed E-state index contributed by atoms with van der Waals surface area (Å²) in [6.45, 7) is 6.56. The van der Waals surface area contributed by atoms with E-state index >= 15 is 0 Å². The first-order chi connectivity index (χ1) is 15.6. The summed E-state index contributed by atoms with van der Waals surface area (Å²) in [4.78, 5) is 23.1. The number of carbonyl (C=O) groups is 1. The Morgan fingerprint density at radius 2 is 1.88 bits per heavy atom. The molecule has 1 N–H and O–H groups in total. The van der Waals surface area contributed by atoms with Crippen LogP contribution in [0.1, 0.15) is 43.2 Å². The topological polar surface area (TPSA) is 66.3 Å². The molecule has 33 heavy (non-hydrogen) atoms. The molecule has 0 spiro atoms. The smallest absolute Gasteiger partial charge is 0.254 e. The van der Waals surface area contributed by atoms with Gasteiger partial charge in [0.1, 0.15) is 6.17 Å². The highest BCUT2D eigenvalue weighted by molar-refractivity contribution is 6.33. The minimum absolute atomic E-state index is 0.0681. The summed E-state index contributed by atoms with van der Waals surface area (Å²) >= 11 is 6.56. The Kier molecular flexibility index (Phi) is 6.50. The van der Waals surface area contributed by atoms with E-state index in [-0.39, 0.29) is 24.3 Å². The molecule has 0 unspecified atom stereocenters. The van der Waals surface area contributed by atoms with Gasteiger partial charge in [-0.15, -0.1) is 0 Å². The van der Waals surface area contributed by atoms with Crippen molar-refractivity contribution in [3.05, 3.63) is 71.3 Å². The van der Waals surface area contributed by atoms with E-state index < -0.39 is 12.3 Å². The van der Waals surface area contributed by atoms with Gasteiger partial charge in [0.05, 0.1) is 12.6 Å². The van der Waals surface area contributed by atoms with E-state index in [1.165, 1.54) is 4.90 Å². The second-order valence-corrected chi connectivity index (χ2v) is 9.87. The molecule has 1 saturated heterocycles. The molecule has 0 saturated carbocycles. The number of amides is 1. The first-order valence-electron chi connectivity index (χ1n) is 11.0. The van der Waals surface area contributed by atoms with Crippen LogP contribution >= 0.6 is 11.6 Å². The molecule has 5 nitrogen and oxygen atoms in total. The Morgan fingerprint density at radius 1 is 1.12 bits per heavy atom. The number of rotatable bonds is 3. The minimum atomic E-state index is -1.43. The Labute approximate surface area is 198 Å². The molecule has 4 rings (SSSR count). The molecule has 1 aliphatic rings. The predicted octanol–water partition coefficient (Wildman–Crippen LogP) is 5.31. The summed E-state index contributed by atoms with van der Waals surface area (Å²) in [5.74, 6) is -0.295. The van der Waals surface area contributed by atoms with Crippen molar-refractivity contribution in [2.24, 2.45) is 0 Å². The van der Waals surface area contributed by atoms with Gasteiger partial charge in [-0.2, -0.15) is 0 Å². The molecule has 1 amide bonds. The SMILES string of the molecule is CC(C)(C)c1cc(-c2cncc(-c3ccc(C(=O)N4CC[C@@H](O)[C@H](F)C4)cc3Cl)c2)ccn1. The molecule has 0 bridgehead atoms. The zero-order chi connectivity index (χ0) is 23.8. The van der Waals surface area contributed by atoms with Crippen LogP contribution < -0.4 is 0 Å². The van der Waals surface area contributed by atoms with Gasteiger partial charge in [-0.3, -0.25) is 14.8 Å². The highest BCUT2D eigenvalue weighted by Crippen LogP contribution is 2.32. The molecule has 7 heteroatoms. The number of nitrogens with zero attached hydrogens (tertiary/aromatic N) is 3. The van der Waals surface area contributed by atoms with E-state index in [0.29, 0.717) is 17.1 Å². The van der Waals surface area contributed by atoms with E-state index in [0.717, 1.165) is 27.9 Å². The third-order valence-electron chi connectivity index (χ3n) is 5.92. The highest BCUT2D eigenvalue weighted by Gasteiger charge is 2.30. The number of hydrogen-bond donors (Lipinski definition) is 1. The van der Waals surface area contributed by atoms with E-state index in [1.807, 2.05) is 12.1 Å². The number of benzene rings is 1. The summed E-state index contributed by atoms with van der Waals surface area (Å²) in [6, 6.07) is 11.1. The van der Waals surface area contributed by atoms with Crippen LogP contribution in [-0.4, -0.2) is 51.2 Å². The number of aromatic nitrogens is 2. The Morgan fingerprint density at radius 3 is 2.58 bits per heavy atom. The Balaban J connectivity index is 1.60. The number of alkyl halides is 1. The third kappa shape index (κ3) is 5.07. The summed E-state index contributed by atoms with van der Waals surface area (Å²) < 4.78 is 13.9. The van der Waals surface area contributed by atoms with Crippen molar-refractivity contribution in [3.63, 3.8) is 0 Å². The van der Waals surface area contributed by atoms with Crippen LogP contribution in [0, 0.1) is 0 Å². The highest BCUT2D eigenvalue weighted by atomic mass is 35.5. The fraction of sp³-hybridized carbons (Fsp3) is 0.346. The number of hydrogen-bond acceptors (Lipinski definition) is 4. The van der Waals surface area contributed by atoms with Gasteiger partial charge in [0.25, 0.3) is 5.91 Å². The van der Waals surface area contributed by atoms with Crippen molar-refractivity contribution in [1.82, 2.24) is 14.9 Å². The molecular formula is C26H27ClFN3O2. The van der Waals surface area contributed by atoms with Crippen LogP contribution in [0.15, 0.2) is 55.0 Å². The zero-order valence-electron chi connectivity index (χ0n) is 18.9. The number of aliphatic hydroxyl groups excluding tert-OH is 1. The lowest BCUT2D eigenvalue weighted by atomic mass is 9.90. The normalized spacial score (nSPS) is 18.9. The molecule has 0 aliphatic carbocycles. The molecule has 2 aromatic heterocycles. The second kappa shape index (κ2) is 9.20. The van der Waals surface area contributed by atoms with Crippen molar-refractivity contribution < 1.29 is 14.3 Å². The van der Waals surface area contributed by atoms with Crippen LogP contribution in [0.2, 0.25) is 5.02 Å². The number of aliphatic hydroxyl groups is 1. The number of likely N-dealkylation sites (tertiary alicyclic amines) is 1. The van der Waals surface area contributed by atoms with Crippen LogP contribution in [0.4, 0.5) is 4.39 Å². The largest absolute Gasteiger partial charge is 0.390 e. The Hall–Kier alpha value is -2.83. The maximum atomic E-state index is 13.9. The average Bonchev–Trinajstić information content (AvgIpc) is 2.80. The molecule has 1 fully saturated rings. The lowest BCUT2D eigenvalue weighted by molar-refractivity contribution is 0.00826. The molecular weight excluding hydrogens is 441 g/mol. The van der Waals surface area contributed by atoms with E-state index in [2.05, 4.69) is 36.8 Å². The molecule has 0 radical (unpaired) electrons. The van der Waals surface area contributed by atoms with Gasteiger partial charge in [0, 0.05) is 63.5 Å². The van der Waals surface area contributed by atoms with Crippen molar-refractivity contribution in [2.45, 2.75) is 44.9 Å². The second-order valence-electron chi connectivity index (χ2n) is 9.46. The van der Waals surface area contributed by atoms with Crippen molar-refractivity contribution >= 4 is 17.5 Å². The summed E-state index contributed by atoms with van der Waals surface area (Å²) in [5.41, 5.74) is 4.85. The van der Waals surface area contributed by atoms with E-state index in [9.17, 15) is 14.3 Å². The lowest BCUT2D eigenvalue weighted by Crippen LogP contribution is -2.47. The first-order valence-corrected chi connectivity index (χ1v) is 11.3. The summed E-state index contributed by atoms with van der Waals surface area (Å²) in [5, 5.41) is 9.99. The average molecular weight is 468 g/mol. The quantitative estimate of drug-likeness (QED) is 0.567. The van der Waals surface area contributed by atoms with Gasteiger partial charge in [-0.05, 0) is 42.3 Å². The molecule has 3 aromatic rings. The molecule has 2 atom stereocenters. The number of carbonyl (C=O) groups excluding carboxylic acids is 1. The third-order valence-corrected chi connectivity index (χ3v) is 6.23. The van der Waals surface area contributed by atoms with Crippen LogP contribution in [-0.2, 0) is 5.41 Å². The molecule has 1 aromatic carbocycles. The van der Waals surface area contributed by atoms with Crippen LogP contribution in [0.25, 0.3) is 22.3 Å². The fourth-order valence-corrected chi connectivity index (χ4v) is 4.20. The van der Waals surface area contributed by atoms with E-state index in [1.54, 1.807) is 36.8 Å². The number of pyridine rings is 2. The maximum Gasteiger partial charge on any atom is 0.254 e. The van der Waals surface area contributed by atoms with Crippen molar-refractivity contribution in [2.75, 3.05) is 13.1 Å². The summed E-state index contributed by atoms with van der Waals surface area (Å²) in [6.07, 6.45) is 3.12. The number of halogens is 2. The van der Waals surface area contributed by atoms with Gasteiger partial charge in [0.2, 0.25) is 0 Å². The zero-order valence-corrected chi connectivity index (χ0v) is 19.7. The predicted molar refractivity (Wildman–Crippen MR) is 128 cm³/mol. The molecule has 3 heterocycles. The van der Waals surface area contributed by atoms with Crippen LogP contribution in [0.5, 0.6) is 0 Å². The van der Waals surface area contributed by atoms with Gasteiger partial charge in [-0.1, -0.05) is 38.4 Å². The lowest BCUT2D eigenvalue weighted by Gasteiger charge is -2.32. The monoisotopic (exact) mass is 467 g/mol. The van der Waals surface area contributed by atoms with Gasteiger partial charge in [0.15, 0.2) is 0 Å². The molecule has 172 valence electrons. The molecule has 1 aliphatic heterocycles. The van der Waals surface area contributed by atoms with Gasteiger partial charge in [-0.25, -0.2) is 4.39 Å². The number of piperidine rings is 1. The standard InChI is InChI=1S/C26H27ClFN3O2/c1-26(2,3)24-12-16(6-8-30-24)18-10-19(14-29-13-18)20-5-4-17(11-21(20)27)25(33)31-9-7-23(32)22(28)15-31/h4-6,8,10-14,22-23,32H,7,9,15H2,1-3H3/t22-,23-/m1/s1. The summed E-state index contributed by atoms with van der Waals surface area (Å²) in [7, 11) is 0.